The number of alkyl carbamates (subject to hydrolysis) is 1. The van der Waals surface area contributed by atoms with Crippen LogP contribution in [0.25, 0.3) is 0 Å². The van der Waals surface area contributed by atoms with Crippen LogP contribution in [0.3, 0.4) is 0 Å². The summed E-state index contributed by atoms with van der Waals surface area (Å²) in [5.74, 6) is 0.163. The summed E-state index contributed by atoms with van der Waals surface area (Å²) in [4.78, 5) is 26.8. The first-order valence-electron chi connectivity index (χ1n) is 8.73. The molecule has 0 spiro atoms. The van der Waals surface area contributed by atoms with E-state index in [1.807, 2.05) is 20.8 Å². The second-order valence-corrected chi connectivity index (χ2v) is 7.96. The van der Waals surface area contributed by atoms with Gasteiger partial charge in [-0.1, -0.05) is 20.8 Å². The number of rotatable bonds is 4. The third-order valence-corrected chi connectivity index (χ3v) is 4.50. The van der Waals surface area contributed by atoms with Crippen molar-refractivity contribution in [3.05, 3.63) is 0 Å². The van der Waals surface area contributed by atoms with Crippen LogP contribution < -0.4 is 5.32 Å². The maximum Gasteiger partial charge on any atom is 0.408 e. The number of carbonyl (C=O) groups is 2. The Morgan fingerprint density at radius 1 is 1.21 bits per heavy atom. The normalized spacial score (nSPS) is 18.7. The van der Waals surface area contributed by atoms with Crippen molar-refractivity contribution >= 4 is 12.0 Å². The molecule has 0 saturated carbocycles. The monoisotopic (exact) mass is 337 g/mol. The highest BCUT2D eigenvalue weighted by Crippen LogP contribution is 2.21. The first-order valence-corrected chi connectivity index (χ1v) is 8.73. The molecule has 1 saturated heterocycles. The molecule has 0 radical (unpaired) electrons. The van der Waals surface area contributed by atoms with Crippen molar-refractivity contribution in [2.24, 2.45) is 17.8 Å². The van der Waals surface area contributed by atoms with E-state index in [2.05, 4.69) is 11.4 Å². The number of carbonyl (C=O) groups excluding carboxylic acids is 2. The summed E-state index contributed by atoms with van der Waals surface area (Å²) in [6.45, 7) is 12.5. The van der Waals surface area contributed by atoms with E-state index >= 15 is 0 Å². The molecule has 0 bridgehead atoms. The number of nitrogens with one attached hydrogen (secondary N) is 1. The van der Waals surface area contributed by atoms with Gasteiger partial charge in [0.2, 0.25) is 5.91 Å². The number of piperidine rings is 1. The molecular formula is C18H31N3O3. The average molecular weight is 337 g/mol. The number of ether oxygens (including phenoxy) is 1. The maximum absolute atomic E-state index is 12.9. The highest BCUT2D eigenvalue weighted by molar-refractivity contribution is 5.86. The molecule has 1 fully saturated rings. The molecule has 1 unspecified atom stereocenters. The van der Waals surface area contributed by atoms with Crippen molar-refractivity contribution in [3.8, 4) is 6.07 Å². The second kappa shape index (κ2) is 8.36. The van der Waals surface area contributed by atoms with Crippen molar-refractivity contribution < 1.29 is 14.3 Å². The van der Waals surface area contributed by atoms with E-state index in [1.54, 1.807) is 25.7 Å². The molecule has 1 N–H and O–H groups in total. The maximum atomic E-state index is 12.9. The van der Waals surface area contributed by atoms with Gasteiger partial charge >= 0.3 is 6.09 Å². The van der Waals surface area contributed by atoms with Crippen LogP contribution in [0.15, 0.2) is 0 Å². The van der Waals surface area contributed by atoms with E-state index in [4.69, 9.17) is 10.00 Å². The van der Waals surface area contributed by atoms with Crippen molar-refractivity contribution in [3.63, 3.8) is 0 Å². The van der Waals surface area contributed by atoms with Crippen LogP contribution in [0.5, 0.6) is 0 Å². The van der Waals surface area contributed by atoms with E-state index in [1.165, 1.54) is 0 Å². The number of hydrogen-bond donors (Lipinski definition) is 1. The van der Waals surface area contributed by atoms with E-state index in [0.29, 0.717) is 25.9 Å². The number of hydrogen-bond acceptors (Lipinski definition) is 4. The summed E-state index contributed by atoms with van der Waals surface area (Å²) in [5.41, 5.74) is -0.607. The van der Waals surface area contributed by atoms with Gasteiger partial charge in [0.1, 0.15) is 11.6 Å². The molecule has 6 nitrogen and oxygen atoms in total. The van der Waals surface area contributed by atoms with Gasteiger partial charge in [-0.15, -0.1) is 0 Å². The lowest BCUT2D eigenvalue weighted by atomic mass is 9.88. The molecule has 0 aromatic heterocycles. The van der Waals surface area contributed by atoms with E-state index in [9.17, 15) is 9.59 Å². The second-order valence-electron chi connectivity index (χ2n) is 7.96. The summed E-state index contributed by atoms with van der Waals surface area (Å²) in [5, 5.41) is 11.7. The van der Waals surface area contributed by atoms with Crippen molar-refractivity contribution in [2.45, 2.75) is 66.0 Å². The van der Waals surface area contributed by atoms with Crippen LogP contribution in [-0.2, 0) is 9.53 Å². The van der Waals surface area contributed by atoms with Crippen LogP contribution in [-0.4, -0.2) is 41.6 Å². The van der Waals surface area contributed by atoms with Gasteiger partial charge in [0.25, 0.3) is 0 Å². The van der Waals surface area contributed by atoms with Crippen LogP contribution >= 0.6 is 0 Å². The number of amides is 2. The summed E-state index contributed by atoms with van der Waals surface area (Å²) in [6, 6.07) is 1.65. The highest BCUT2D eigenvalue weighted by atomic mass is 16.6. The summed E-state index contributed by atoms with van der Waals surface area (Å²) < 4.78 is 5.31. The number of nitrogens with zero attached hydrogens (tertiary/aromatic N) is 2. The van der Waals surface area contributed by atoms with Gasteiger partial charge < -0.3 is 15.0 Å². The number of likely N-dealkylation sites (tertiary alicyclic amines) is 1. The highest BCUT2D eigenvalue weighted by Gasteiger charge is 2.35. The van der Waals surface area contributed by atoms with Gasteiger partial charge in [-0.25, -0.2) is 4.79 Å². The van der Waals surface area contributed by atoms with Crippen molar-refractivity contribution in [2.75, 3.05) is 13.1 Å². The standard InChI is InChI=1S/C18H31N3O3/c1-12(2)13(3)15(20-17(23)24-18(4,5)6)16(22)21-9-7-14(11-19)8-10-21/h12-15H,7-10H2,1-6H3,(H,20,23)/t13?,15-/m1/s1. The Labute approximate surface area is 145 Å². The first kappa shape index (κ1) is 20.3. The van der Waals surface area contributed by atoms with Crippen molar-refractivity contribution in [1.29, 1.82) is 5.26 Å². The lowest BCUT2D eigenvalue weighted by molar-refractivity contribution is -0.136. The fraction of sp³-hybridized carbons (Fsp3) is 0.833. The molecule has 0 aliphatic carbocycles. The Morgan fingerprint density at radius 3 is 2.17 bits per heavy atom. The van der Waals surface area contributed by atoms with Crippen LogP contribution in [0, 0.1) is 29.1 Å². The molecule has 1 rings (SSSR count). The molecule has 1 heterocycles. The zero-order chi connectivity index (χ0) is 18.5. The fourth-order valence-electron chi connectivity index (χ4n) is 2.66. The van der Waals surface area contributed by atoms with Crippen LogP contribution in [0.1, 0.15) is 54.4 Å². The summed E-state index contributed by atoms with van der Waals surface area (Å²) in [7, 11) is 0. The predicted molar refractivity (Wildman–Crippen MR) is 92.1 cm³/mol. The summed E-state index contributed by atoms with van der Waals surface area (Å²) >= 11 is 0. The Morgan fingerprint density at radius 2 is 1.75 bits per heavy atom. The fourth-order valence-corrected chi connectivity index (χ4v) is 2.66. The first-order chi connectivity index (χ1) is 11.0. The van der Waals surface area contributed by atoms with Crippen molar-refractivity contribution in [1.82, 2.24) is 10.2 Å². The Balaban J connectivity index is 2.80. The third-order valence-electron chi connectivity index (χ3n) is 4.50. The molecule has 0 aromatic rings. The van der Waals surface area contributed by atoms with Gasteiger partial charge in [0.15, 0.2) is 0 Å². The van der Waals surface area contributed by atoms with Gasteiger partial charge in [0.05, 0.1) is 6.07 Å². The zero-order valence-corrected chi connectivity index (χ0v) is 15.8. The minimum atomic E-state index is -0.613. The van der Waals surface area contributed by atoms with Gasteiger partial charge in [-0.2, -0.15) is 5.26 Å². The SMILES string of the molecule is CC(C)C(C)[C@@H](NC(=O)OC(C)(C)C)C(=O)N1CCC(C#N)CC1. The lowest BCUT2D eigenvalue weighted by Gasteiger charge is -2.35. The van der Waals surface area contributed by atoms with E-state index < -0.39 is 17.7 Å². The quantitative estimate of drug-likeness (QED) is 0.855. The van der Waals surface area contributed by atoms with Gasteiger partial charge in [-0.3, -0.25) is 4.79 Å². The largest absolute Gasteiger partial charge is 0.444 e. The number of nitriles is 1. The van der Waals surface area contributed by atoms with E-state index in [0.717, 1.165) is 0 Å². The van der Waals surface area contributed by atoms with Crippen LogP contribution in [0.4, 0.5) is 4.79 Å². The Hall–Kier alpha value is -1.77. The minimum absolute atomic E-state index is 0.0151. The molecule has 0 aromatic carbocycles. The van der Waals surface area contributed by atoms with Gasteiger partial charge in [-0.05, 0) is 45.4 Å². The molecule has 6 heteroatoms. The van der Waals surface area contributed by atoms with E-state index in [-0.39, 0.29) is 23.7 Å². The Bertz CT molecular complexity index is 483. The third kappa shape index (κ3) is 6.03. The molecule has 24 heavy (non-hydrogen) atoms. The predicted octanol–water partition coefficient (Wildman–Crippen LogP) is 2.93. The smallest absolute Gasteiger partial charge is 0.408 e. The lowest BCUT2D eigenvalue weighted by Crippen LogP contribution is -2.55. The molecular weight excluding hydrogens is 306 g/mol. The average Bonchev–Trinajstić information content (AvgIpc) is 2.49. The molecule has 2 atom stereocenters. The molecule has 2 amide bonds. The van der Waals surface area contributed by atoms with Gasteiger partial charge in [0, 0.05) is 19.0 Å². The molecule has 136 valence electrons. The minimum Gasteiger partial charge on any atom is -0.444 e. The zero-order valence-electron chi connectivity index (χ0n) is 15.8. The Kier molecular flexibility index (Phi) is 7.07. The molecule has 1 aliphatic rings. The van der Waals surface area contributed by atoms with Crippen LogP contribution in [0.2, 0.25) is 0 Å². The topological polar surface area (TPSA) is 82.4 Å². The molecule has 1 aliphatic heterocycles. The summed E-state index contributed by atoms with van der Waals surface area (Å²) in [6.07, 6.45) is 0.815.